The van der Waals surface area contributed by atoms with Crippen molar-refractivity contribution in [3.8, 4) is 5.75 Å². The first kappa shape index (κ1) is 17.7. The first-order valence-electron chi connectivity index (χ1n) is 6.85. The molecule has 0 saturated carbocycles. The topological polar surface area (TPSA) is 88.7 Å². The zero-order chi connectivity index (χ0) is 17.1. The molecule has 23 heavy (non-hydrogen) atoms. The van der Waals surface area contributed by atoms with Crippen molar-refractivity contribution in [2.75, 3.05) is 20.8 Å². The van der Waals surface area contributed by atoms with E-state index in [-0.39, 0.29) is 5.91 Å². The van der Waals surface area contributed by atoms with E-state index in [1.54, 1.807) is 17.2 Å². The predicted octanol–water partition coefficient (Wildman–Crippen LogP) is 1.96. The smallest absolute Gasteiger partial charge is 0.248 e. The second kappa shape index (κ2) is 7.31. The van der Waals surface area contributed by atoms with E-state index < -0.39 is 6.61 Å². The number of halogens is 2. The molecule has 0 saturated heterocycles. The Balaban J connectivity index is 0.000000924. The lowest BCUT2D eigenvalue weighted by molar-refractivity contribution is -0.134. The molecule has 0 aliphatic carbocycles. The Kier molecular flexibility index (Phi) is 5.64. The number of hydrogen-bond donors (Lipinski definition) is 2. The van der Waals surface area contributed by atoms with Crippen LogP contribution in [0.25, 0.3) is 10.9 Å². The van der Waals surface area contributed by atoms with Gasteiger partial charge in [-0.3, -0.25) is 9.78 Å². The van der Waals surface area contributed by atoms with Crippen LogP contribution in [0.4, 0.5) is 0 Å². The van der Waals surface area contributed by atoms with Gasteiger partial charge in [-0.05, 0) is 24.2 Å². The summed E-state index contributed by atoms with van der Waals surface area (Å²) in [6.45, 7) is 0.338. The number of hydrogen-bond acceptors (Lipinski definition) is 5. The molecule has 0 spiro atoms. The van der Waals surface area contributed by atoms with E-state index in [0.29, 0.717) is 34.4 Å². The fourth-order valence-electron chi connectivity index (χ4n) is 2.54. The third kappa shape index (κ3) is 3.07. The van der Waals surface area contributed by atoms with Crippen molar-refractivity contribution in [3.63, 3.8) is 0 Å². The quantitative estimate of drug-likeness (QED) is 0.857. The number of aliphatic hydroxyl groups excluding tert-OH is 1. The maximum absolute atomic E-state index is 11.6. The summed E-state index contributed by atoms with van der Waals surface area (Å²) in [6, 6.07) is 1.78. The first-order chi connectivity index (χ1) is 11.1. The molecule has 0 unspecified atom stereocenters. The molecule has 2 heterocycles. The van der Waals surface area contributed by atoms with E-state index in [9.17, 15) is 4.79 Å². The number of fused-ring (bicyclic) bond motifs is 3. The lowest BCUT2D eigenvalue weighted by Gasteiger charge is -2.13. The number of nitrogens with two attached hydrogens (primary N) is 1. The van der Waals surface area contributed by atoms with E-state index in [1.807, 2.05) is 0 Å². The molecule has 0 fully saturated rings. The molecular formula is C15H17Cl2N3O3. The Labute approximate surface area is 143 Å². The minimum absolute atomic E-state index is 0.314. The van der Waals surface area contributed by atoms with Gasteiger partial charge in [0.05, 0.1) is 17.6 Å². The minimum atomic E-state index is -0.505. The summed E-state index contributed by atoms with van der Waals surface area (Å²) in [4.78, 5) is 17.6. The number of benzene rings is 1. The van der Waals surface area contributed by atoms with Gasteiger partial charge < -0.3 is 20.5 Å². The summed E-state index contributed by atoms with van der Waals surface area (Å²) in [5.74, 6) is 0.155. The van der Waals surface area contributed by atoms with Crippen molar-refractivity contribution in [3.05, 3.63) is 33.4 Å². The molecule has 6 nitrogen and oxygen atoms in total. The molecule has 1 amide bonds. The van der Waals surface area contributed by atoms with Crippen LogP contribution in [-0.2, 0) is 17.9 Å². The van der Waals surface area contributed by atoms with Crippen LogP contribution >= 0.6 is 23.2 Å². The normalized spacial score (nSPS) is 12.7. The van der Waals surface area contributed by atoms with Crippen molar-refractivity contribution >= 4 is 40.0 Å². The Morgan fingerprint density at radius 3 is 2.70 bits per heavy atom. The van der Waals surface area contributed by atoms with Crippen LogP contribution in [0, 0.1) is 0 Å². The molecule has 3 rings (SSSR count). The fourth-order valence-corrected chi connectivity index (χ4v) is 3.01. The Morgan fingerprint density at radius 1 is 1.39 bits per heavy atom. The SMILES string of the molecule is CN.COc1cc2c3c(cnc2c(Cl)c1Cl)CN(C(=O)CO)C3. The molecular weight excluding hydrogens is 341 g/mol. The van der Waals surface area contributed by atoms with E-state index in [0.717, 1.165) is 16.5 Å². The van der Waals surface area contributed by atoms with Crippen molar-refractivity contribution in [1.29, 1.82) is 0 Å². The molecule has 0 atom stereocenters. The summed E-state index contributed by atoms with van der Waals surface area (Å²) in [5.41, 5.74) is 6.97. The summed E-state index contributed by atoms with van der Waals surface area (Å²) in [7, 11) is 3.02. The van der Waals surface area contributed by atoms with Gasteiger partial charge in [-0.25, -0.2) is 0 Å². The van der Waals surface area contributed by atoms with Crippen LogP contribution in [-0.4, -0.2) is 41.7 Å². The highest BCUT2D eigenvalue weighted by Crippen LogP contribution is 2.40. The second-order valence-electron chi connectivity index (χ2n) is 4.77. The van der Waals surface area contributed by atoms with Crippen LogP contribution in [0.1, 0.15) is 11.1 Å². The highest BCUT2D eigenvalue weighted by atomic mass is 35.5. The van der Waals surface area contributed by atoms with Crippen molar-refractivity contribution in [2.24, 2.45) is 5.73 Å². The maximum Gasteiger partial charge on any atom is 0.248 e. The molecule has 3 N–H and O–H groups in total. The Morgan fingerprint density at radius 2 is 2.09 bits per heavy atom. The monoisotopic (exact) mass is 357 g/mol. The second-order valence-corrected chi connectivity index (χ2v) is 5.53. The summed E-state index contributed by atoms with van der Waals surface area (Å²) >= 11 is 12.4. The standard InChI is InChI=1S/C14H12Cl2N2O3.CH5N/c1-21-10-2-8-9-5-18(11(20)6-19)4-7(9)3-17-14(8)13(16)12(10)15;1-2/h2-3,19H,4-6H2,1H3;2H2,1H3. The van der Waals surface area contributed by atoms with Crippen molar-refractivity contribution in [1.82, 2.24) is 9.88 Å². The number of carbonyl (C=O) groups is 1. The fraction of sp³-hybridized carbons (Fsp3) is 0.333. The van der Waals surface area contributed by atoms with Crippen LogP contribution in [0.5, 0.6) is 5.75 Å². The number of carbonyl (C=O) groups excluding carboxylic acids is 1. The van der Waals surface area contributed by atoms with Gasteiger partial charge >= 0.3 is 0 Å². The molecule has 0 bridgehead atoms. The van der Waals surface area contributed by atoms with E-state index in [2.05, 4.69) is 10.7 Å². The average molecular weight is 358 g/mol. The molecule has 124 valence electrons. The van der Waals surface area contributed by atoms with Crippen molar-refractivity contribution < 1.29 is 14.6 Å². The number of ether oxygens (including phenoxy) is 1. The highest BCUT2D eigenvalue weighted by Gasteiger charge is 2.26. The minimum Gasteiger partial charge on any atom is -0.495 e. The zero-order valence-electron chi connectivity index (χ0n) is 12.8. The summed E-state index contributed by atoms with van der Waals surface area (Å²) < 4.78 is 5.22. The molecule has 2 aromatic rings. The lowest BCUT2D eigenvalue weighted by Crippen LogP contribution is -2.27. The first-order valence-corrected chi connectivity index (χ1v) is 7.61. The number of amides is 1. The number of aliphatic hydroxyl groups is 1. The highest BCUT2D eigenvalue weighted by molar-refractivity contribution is 6.46. The van der Waals surface area contributed by atoms with Gasteiger partial charge in [0.1, 0.15) is 17.4 Å². The van der Waals surface area contributed by atoms with Gasteiger partial charge in [-0.1, -0.05) is 23.2 Å². The number of methoxy groups -OCH3 is 1. The molecule has 1 aromatic heterocycles. The Bertz CT molecular complexity index is 753. The van der Waals surface area contributed by atoms with Gasteiger partial charge in [0.2, 0.25) is 5.91 Å². The summed E-state index contributed by atoms with van der Waals surface area (Å²) in [6.07, 6.45) is 1.69. The van der Waals surface area contributed by atoms with E-state index in [1.165, 1.54) is 14.2 Å². The van der Waals surface area contributed by atoms with Gasteiger partial charge in [0.15, 0.2) is 0 Å². The molecule has 0 radical (unpaired) electrons. The van der Waals surface area contributed by atoms with Crippen LogP contribution in [0.15, 0.2) is 12.3 Å². The molecule has 1 aliphatic heterocycles. The van der Waals surface area contributed by atoms with Gasteiger partial charge in [0, 0.05) is 24.7 Å². The van der Waals surface area contributed by atoms with E-state index in [4.69, 9.17) is 33.0 Å². The van der Waals surface area contributed by atoms with E-state index >= 15 is 0 Å². The van der Waals surface area contributed by atoms with Crippen molar-refractivity contribution in [2.45, 2.75) is 13.1 Å². The van der Waals surface area contributed by atoms with Gasteiger partial charge in [-0.15, -0.1) is 0 Å². The number of nitrogens with zero attached hydrogens (tertiary/aromatic N) is 2. The third-order valence-corrected chi connectivity index (χ3v) is 4.47. The number of aromatic nitrogens is 1. The third-order valence-electron chi connectivity index (χ3n) is 3.63. The maximum atomic E-state index is 11.6. The zero-order valence-corrected chi connectivity index (χ0v) is 14.3. The molecule has 1 aliphatic rings. The summed E-state index contributed by atoms with van der Waals surface area (Å²) in [5, 5.41) is 10.5. The van der Waals surface area contributed by atoms with Crippen LogP contribution in [0.3, 0.4) is 0 Å². The Hall–Kier alpha value is -1.60. The van der Waals surface area contributed by atoms with Gasteiger partial charge in [0.25, 0.3) is 0 Å². The number of rotatable bonds is 2. The average Bonchev–Trinajstić information content (AvgIpc) is 3.03. The van der Waals surface area contributed by atoms with Gasteiger partial charge in [-0.2, -0.15) is 0 Å². The largest absolute Gasteiger partial charge is 0.495 e. The van der Waals surface area contributed by atoms with Crippen LogP contribution in [0.2, 0.25) is 10.0 Å². The van der Waals surface area contributed by atoms with Crippen LogP contribution < -0.4 is 10.5 Å². The lowest BCUT2D eigenvalue weighted by atomic mass is 10.1. The molecule has 8 heteroatoms. The molecule has 1 aromatic carbocycles. The number of pyridine rings is 1. The predicted molar refractivity (Wildman–Crippen MR) is 89.8 cm³/mol.